The number of amides is 1. The molecule has 8 heteroatoms. The van der Waals surface area contributed by atoms with Crippen molar-refractivity contribution in [2.24, 2.45) is 5.14 Å². The Hall–Kier alpha value is -1.83. The van der Waals surface area contributed by atoms with Gasteiger partial charge in [-0.05, 0) is 48.4 Å². The van der Waals surface area contributed by atoms with E-state index in [2.05, 4.69) is 5.32 Å². The van der Waals surface area contributed by atoms with Crippen molar-refractivity contribution in [3.63, 3.8) is 0 Å². The van der Waals surface area contributed by atoms with Gasteiger partial charge in [-0.3, -0.25) is 4.79 Å². The van der Waals surface area contributed by atoms with Crippen LogP contribution < -0.4 is 10.5 Å². The molecular formula is C12H11ClN2O4S. The zero-order valence-corrected chi connectivity index (χ0v) is 12.0. The van der Waals surface area contributed by atoms with Crippen LogP contribution in [0.3, 0.4) is 0 Å². The van der Waals surface area contributed by atoms with Gasteiger partial charge in [0.05, 0.1) is 4.90 Å². The number of primary sulfonamides is 1. The van der Waals surface area contributed by atoms with E-state index in [1.165, 1.54) is 18.2 Å². The molecule has 0 fully saturated rings. The number of aryl methyl sites for hydroxylation is 1. The standard InChI is InChI=1S/C12H11ClN2O4S/c1-7-2-3-8(6-10(7)20(14,17)18)15-12(16)9-4-5-11(13)19-9/h2-6H,1H3,(H,15,16)(H2,14,17,18). The number of carbonyl (C=O) groups excluding carboxylic acids is 1. The Kier molecular flexibility index (Phi) is 3.85. The molecular weight excluding hydrogens is 304 g/mol. The number of nitrogens with one attached hydrogen (secondary N) is 1. The van der Waals surface area contributed by atoms with Crippen LogP contribution in [0.1, 0.15) is 16.1 Å². The Bertz CT molecular complexity index is 768. The van der Waals surface area contributed by atoms with Gasteiger partial charge < -0.3 is 9.73 Å². The number of hydrogen-bond donors (Lipinski definition) is 2. The van der Waals surface area contributed by atoms with Crippen LogP contribution >= 0.6 is 11.6 Å². The zero-order chi connectivity index (χ0) is 14.9. The van der Waals surface area contributed by atoms with E-state index in [1.54, 1.807) is 19.1 Å². The van der Waals surface area contributed by atoms with E-state index in [4.69, 9.17) is 21.2 Å². The van der Waals surface area contributed by atoms with Crippen molar-refractivity contribution in [2.45, 2.75) is 11.8 Å². The molecule has 0 unspecified atom stereocenters. The van der Waals surface area contributed by atoms with Gasteiger partial charge in [0.25, 0.3) is 5.91 Å². The molecule has 0 atom stereocenters. The van der Waals surface area contributed by atoms with Gasteiger partial charge in [-0.25, -0.2) is 13.6 Å². The fourth-order valence-corrected chi connectivity index (χ4v) is 2.57. The molecule has 1 aromatic heterocycles. The number of benzene rings is 1. The highest BCUT2D eigenvalue weighted by Gasteiger charge is 2.15. The first-order chi connectivity index (χ1) is 9.27. The minimum atomic E-state index is -3.85. The summed E-state index contributed by atoms with van der Waals surface area (Å²) in [5.74, 6) is -0.520. The second kappa shape index (κ2) is 5.28. The average Bonchev–Trinajstić information content (AvgIpc) is 2.77. The molecule has 0 spiro atoms. The van der Waals surface area contributed by atoms with Gasteiger partial charge in [0.15, 0.2) is 11.0 Å². The summed E-state index contributed by atoms with van der Waals surface area (Å²) in [6.07, 6.45) is 0. The van der Waals surface area contributed by atoms with Gasteiger partial charge >= 0.3 is 0 Å². The molecule has 0 bridgehead atoms. The zero-order valence-electron chi connectivity index (χ0n) is 10.4. The van der Waals surface area contributed by atoms with Crippen molar-refractivity contribution in [3.05, 3.63) is 46.9 Å². The lowest BCUT2D eigenvalue weighted by Gasteiger charge is -2.07. The quantitative estimate of drug-likeness (QED) is 0.905. The molecule has 2 aromatic rings. The molecule has 1 amide bonds. The number of sulfonamides is 1. The molecule has 2 rings (SSSR count). The summed E-state index contributed by atoms with van der Waals surface area (Å²) in [6.45, 7) is 1.61. The molecule has 1 aromatic carbocycles. The highest BCUT2D eigenvalue weighted by Crippen LogP contribution is 2.20. The maximum absolute atomic E-state index is 11.8. The molecule has 0 saturated heterocycles. The van der Waals surface area contributed by atoms with Crippen molar-refractivity contribution in [3.8, 4) is 0 Å². The molecule has 0 aliphatic heterocycles. The number of carbonyl (C=O) groups is 1. The molecule has 0 saturated carbocycles. The third-order valence-corrected chi connectivity index (χ3v) is 3.81. The highest BCUT2D eigenvalue weighted by atomic mass is 35.5. The smallest absolute Gasteiger partial charge is 0.291 e. The predicted octanol–water partition coefficient (Wildman–Crippen LogP) is 2.14. The van der Waals surface area contributed by atoms with Crippen molar-refractivity contribution < 1.29 is 17.6 Å². The van der Waals surface area contributed by atoms with Gasteiger partial charge in [0.2, 0.25) is 10.0 Å². The molecule has 6 nitrogen and oxygen atoms in total. The van der Waals surface area contributed by atoms with Crippen molar-refractivity contribution in [1.29, 1.82) is 0 Å². The minimum Gasteiger partial charge on any atom is -0.440 e. The van der Waals surface area contributed by atoms with Gasteiger partial charge in [-0.15, -0.1) is 0 Å². The van der Waals surface area contributed by atoms with E-state index in [0.717, 1.165) is 0 Å². The van der Waals surface area contributed by atoms with Crippen LogP contribution in [0.4, 0.5) is 5.69 Å². The number of halogens is 1. The summed E-state index contributed by atoms with van der Waals surface area (Å²) >= 11 is 5.57. The van der Waals surface area contributed by atoms with E-state index in [-0.39, 0.29) is 21.6 Å². The number of furan rings is 1. The fraction of sp³-hybridized carbons (Fsp3) is 0.0833. The van der Waals surface area contributed by atoms with Gasteiger partial charge in [0.1, 0.15) is 0 Å². The van der Waals surface area contributed by atoms with Crippen molar-refractivity contribution >= 4 is 33.2 Å². The fourth-order valence-electron chi connectivity index (χ4n) is 1.61. The van der Waals surface area contributed by atoms with Crippen LogP contribution in [0.2, 0.25) is 5.22 Å². The molecule has 106 valence electrons. The van der Waals surface area contributed by atoms with Crippen LogP contribution in [0.15, 0.2) is 39.6 Å². The van der Waals surface area contributed by atoms with Gasteiger partial charge in [-0.1, -0.05) is 6.07 Å². The Morgan fingerprint density at radius 2 is 2.00 bits per heavy atom. The summed E-state index contributed by atoms with van der Waals surface area (Å²) in [4.78, 5) is 11.8. The lowest BCUT2D eigenvalue weighted by molar-refractivity contribution is 0.0996. The first kappa shape index (κ1) is 14.6. The van der Waals surface area contributed by atoms with E-state index >= 15 is 0 Å². The molecule has 1 heterocycles. The lowest BCUT2D eigenvalue weighted by atomic mass is 10.2. The van der Waals surface area contributed by atoms with Crippen molar-refractivity contribution in [2.75, 3.05) is 5.32 Å². The monoisotopic (exact) mass is 314 g/mol. The van der Waals surface area contributed by atoms with Crippen LogP contribution in [0, 0.1) is 6.92 Å². The Labute approximate surface area is 120 Å². The average molecular weight is 315 g/mol. The second-order valence-electron chi connectivity index (χ2n) is 4.08. The first-order valence-electron chi connectivity index (χ1n) is 5.47. The van der Waals surface area contributed by atoms with E-state index < -0.39 is 15.9 Å². The third kappa shape index (κ3) is 3.19. The SMILES string of the molecule is Cc1ccc(NC(=O)c2ccc(Cl)o2)cc1S(N)(=O)=O. The number of nitrogens with two attached hydrogens (primary N) is 1. The molecule has 0 aliphatic rings. The van der Waals surface area contributed by atoms with Crippen LogP contribution in [-0.4, -0.2) is 14.3 Å². The molecule has 0 radical (unpaired) electrons. The first-order valence-corrected chi connectivity index (χ1v) is 7.40. The van der Waals surface area contributed by atoms with Gasteiger partial charge in [0, 0.05) is 5.69 Å². The summed E-state index contributed by atoms with van der Waals surface area (Å²) in [5.41, 5.74) is 0.781. The predicted molar refractivity (Wildman–Crippen MR) is 74.2 cm³/mol. The Morgan fingerprint density at radius 3 is 2.55 bits per heavy atom. The Balaban J connectivity index is 2.29. The number of anilines is 1. The van der Waals surface area contributed by atoms with Crippen LogP contribution in [0.25, 0.3) is 0 Å². The number of rotatable bonds is 3. The maximum atomic E-state index is 11.8. The van der Waals surface area contributed by atoms with Crippen LogP contribution in [-0.2, 0) is 10.0 Å². The summed E-state index contributed by atoms with van der Waals surface area (Å²) in [5, 5.41) is 7.68. The second-order valence-corrected chi connectivity index (χ2v) is 5.99. The lowest BCUT2D eigenvalue weighted by Crippen LogP contribution is -2.15. The molecule has 3 N–H and O–H groups in total. The molecule has 20 heavy (non-hydrogen) atoms. The Morgan fingerprint density at radius 1 is 1.30 bits per heavy atom. The van der Waals surface area contributed by atoms with E-state index in [1.807, 2.05) is 0 Å². The highest BCUT2D eigenvalue weighted by molar-refractivity contribution is 7.89. The normalized spacial score (nSPS) is 11.3. The number of hydrogen-bond acceptors (Lipinski definition) is 4. The van der Waals surface area contributed by atoms with E-state index in [9.17, 15) is 13.2 Å². The summed E-state index contributed by atoms with van der Waals surface area (Å²) < 4.78 is 27.7. The van der Waals surface area contributed by atoms with Crippen LogP contribution in [0.5, 0.6) is 0 Å². The topological polar surface area (TPSA) is 102 Å². The summed E-state index contributed by atoms with van der Waals surface area (Å²) in [7, 11) is -3.85. The van der Waals surface area contributed by atoms with Crippen molar-refractivity contribution in [1.82, 2.24) is 0 Å². The summed E-state index contributed by atoms with van der Waals surface area (Å²) in [6, 6.07) is 7.23. The molecule has 0 aliphatic carbocycles. The van der Waals surface area contributed by atoms with E-state index in [0.29, 0.717) is 5.56 Å². The third-order valence-electron chi connectivity index (χ3n) is 2.55. The minimum absolute atomic E-state index is 0.0210. The maximum Gasteiger partial charge on any atom is 0.291 e. The van der Waals surface area contributed by atoms with Gasteiger partial charge in [-0.2, -0.15) is 0 Å². The largest absolute Gasteiger partial charge is 0.440 e.